The number of carboxylic acid groups (broad SMARTS) is 1. The first-order chi connectivity index (χ1) is 8.51. The van der Waals surface area contributed by atoms with Gasteiger partial charge in [0.05, 0.1) is 6.54 Å². The minimum atomic E-state index is -1.13. The molecule has 1 aromatic heterocycles. The average Bonchev–Trinajstić information content (AvgIpc) is 2.95. The zero-order valence-corrected chi connectivity index (χ0v) is 10.1. The molecule has 98 valence electrons. The molecule has 2 N–H and O–H groups in total. The number of hydrogen-bond donors (Lipinski definition) is 2. The lowest BCUT2D eigenvalue weighted by atomic mass is 10.0. The highest BCUT2D eigenvalue weighted by molar-refractivity contribution is 5.85. The maximum atomic E-state index is 11.9. The summed E-state index contributed by atoms with van der Waals surface area (Å²) in [6.45, 7) is 2.50. The number of carboxylic acids is 1. The van der Waals surface area contributed by atoms with Gasteiger partial charge in [0.15, 0.2) is 0 Å². The van der Waals surface area contributed by atoms with Crippen LogP contribution in [0.4, 0.5) is 0 Å². The van der Waals surface area contributed by atoms with Gasteiger partial charge in [-0.3, -0.25) is 4.79 Å². The van der Waals surface area contributed by atoms with Gasteiger partial charge < -0.3 is 19.6 Å². The van der Waals surface area contributed by atoms with Crippen LogP contribution in [0.25, 0.3) is 0 Å². The molecule has 1 amide bonds. The van der Waals surface area contributed by atoms with Gasteiger partial charge in [-0.15, -0.1) is 0 Å². The fourth-order valence-electron chi connectivity index (χ4n) is 1.90. The average molecular weight is 253 g/mol. The van der Waals surface area contributed by atoms with Crippen LogP contribution in [0.1, 0.15) is 36.1 Å². The zero-order valence-electron chi connectivity index (χ0n) is 10.1. The molecule has 1 aliphatic rings. The van der Waals surface area contributed by atoms with Crippen molar-refractivity contribution in [2.24, 2.45) is 0 Å². The van der Waals surface area contributed by atoms with Gasteiger partial charge in [0, 0.05) is 6.61 Å². The largest absolute Gasteiger partial charge is 0.475 e. The Balaban J connectivity index is 1.90. The smallest absolute Gasteiger partial charge is 0.371 e. The molecule has 0 aliphatic carbocycles. The molecule has 0 aromatic carbocycles. The van der Waals surface area contributed by atoms with Crippen LogP contribution in [-0.4, -0.2) is 29.2 Å². The highest BCUT2D eigenvalue weighted by Gasteiger charge is 2.37. The summed E-state index contributed by atoms with van der Waals surface area (Å²) in [6, 6.07) is 2.89. The van der Waals surface area contributed by atoms with Crippen molar-refractivity contribution in [1.29, 1.82) is 0 Å². The maximum Gasteiger partial charge on any atom is 0.371 e. The zero-order chi connectivity index (χ0) is 13.2. The third-order valence-corrected chi connectivity index (χ3v) is 2.99. The van der Waals surface area contributed by atoms with Crippen molar-refractivity contribution < 1.29 is 23.8 Å². The predicted molar refractivity (Wildman–Crippen MR) is 61.1 cm³/mol. The molecule has 0 unspecified atom stereocenters. The SMILES string of the molecule is C[C@@]1(C(=O)NCc2ccc(C(=O)O)o2)CCCO1. The fourth-order valence-corrected chi connectivity index (χ4v) is 1.90. The fraction of sp³-hybridized carbons (Fsp3) is 0.500. The normalized spacial score (nSPS) is 22.9. The van der Waals surface area contributed by atoms with Crippen LogP contribution < -0.4 is 5.32 Å². The topological polar surface area (TPSA) is 88.8 Å². The number of ether oxygens (including phenoxy) is 1. The van der Waals surface area contributed by atoms with Gasteiger partial charge in [-0.25, -0.2) is 4.79 Å². The van der Waals surface area contributed by atoms with E-state index < -0.39 is 11.6 Å². The standard InChI is InChI=1S/C12H15NO5/c1-12(5-2-6-17-12)11(16)13-7-8-3-4-9(18-8)10(14)15/h3-4H,2,5-7H2,1H3,(H,13,16)(H,14,15)/t12-/m0/s1. The van der Waals surface area contributed by atoms with Crippen LogP contribution in [0.5, 0.6) is 0 Å². The van der Waals surface area contributed by atoms with Crippen molar-refractivity contribution in [2.75, 3.05) is 6.61 Å². The van der Waals surface area contributed by atoms with Crippen LogP contribution >= 0.6 is 0 Å². The summed E-state index contributed by atoms with van der Waals surface area (Å²) in [5, 5.41) is 11.4. The summed E-state index contributed by atoms with van der Waals surface area (Å²) < 4.78 is 10.4. The molecule has 1 aliphatic heterocycles. The maximum absolute atomic E-state index is 11.9. The monoisotopic (exact) mass is 253 g/mol. The molecule has 0 radical (unpaired) electrons. The van der Waals surface area contributed by atoms with Gasteiger partial charge in [0.2, 0.25) is 5.76 Å². The quantitative estimate of drug-likeness (QED) is 0.840. The second-order valence-electron chi connectivity index (χ2n) is 4.44. The van der Waals surface area contributed by atoms with E-state index in [0.717, 1.165) is 6.42 Å². The Hall–Kier alpha value is -1.82. The number of rotatable bonds is 4. The molecule has 6 heteroatoms. The third-order valence-electron chi connectivity index (χ3n) is 2.99. The van der Waals surface area contributed by atoms with E-state index in [4.69, 9.17) is 14.3 Å². The lowest BCUT2D eigenvalue weighted by Crippen LogP contribution is -2.43. The van der Waals surface area contributed by atoms with Gasteiger partial charge in [-0.2, -0.15) is 0 Å². The molecule has 1 aromatic rings. The number of aromatic carboxylic acids is 1. The number of carbonyl (C=O) groups is 2. The van der Waals surface area contributed by atoms with Crippen LogP contribution in [0.2, 0.25) is 0 Å². The van der Waals surface area contributed by atoms with E-state index in [1.165, 1.54) is 12.1 Å². The molecule has 1 atom stereocenters. The minimum Gasteiger partial charge on any atom is -0.475 e. The molecular formula is C12H15NO5. The summed E-state index contributed by atoms with van der Waals surface area (Å²) in [6.07, 6.45) is 1.56. The number of nitrogens with one attached hydrogen (secondary N) is 1. The van der Waals surface area contributed by atoms with Crippen molar-refractivity contribution in [2.45, 2.75) is 31.9 Å². The van der Waals surface area contributed by atoms with Crippen molar-refractivity contribution in [1.82, 2.24) is 5.32 Å². The number of carbonyl (C=O) groups excluding carboxylic acids is 1. The summed E-state index contributed by atoms with van der Waals surface area (Å²) in [7, 11) is 0. The first-order valence-corrected chi connectivity index (χ1v) is 5.75. The summed E-state index contributed by atoms with van der Waals surface area (Å²) in [4.78, 5) is 22.5. The Morgan fingerprint density at radius 3 is 2.83 bits per heavy atom. The molecule has 2 heterocycles. The molecule has 1 fully saturated rings. The van der Waals surface area contributed by atoms with E-state index in [1.807, 2.05) is 0 Å². The molecule has 0 spiro atoms. The Morgan fingerprint density at radius 1 is 1.50 bits per heavy atom. The van der Waals surface area contributed by atoms with Gasteiger partial charge in [0.1, 0.15) is 11.4 Å². The molecule has 0 bridgehead atoms. The van der Waals surface area contributed by atoms with Gasteiger partial charge in [0.25, 0.3) is 5.91 Å². The van der Waals surface area contributed by atoms with E-state index in [0.29, 0.717) is 18.8 Å². The molecule has 18 heavy (non-hydrogen) atoms. The Labute approximate surface area is 104 Å². The molecule has 6 nitrogen and oxygen atoms in total. The van der Waals surface area contributed by atoms with Crippen LogP contribution in [0.15, 0.2) is 16.5 Å². The summed E-state index contributed by atoms with van der Waals surface area (Å²) >= 11 is 0. The Kier molecular flexibility index (Phi) is 3.38. The highest BCUT2D eigenvalue weighted by Crippen LogP contribution is 2.25. The van der Waals surface area contributed by atoms with Gasteiger partial charge in [-0.1, -0.05) is 0 Å². The Morgan fingerprint density at radius 2 is 2.28 bits per heavy atom. The molecule has 1 saturated heterocycles. The molecule has 2 rings (SSSR count). The number of hydrogen-bond acceptors (Lipinski definition) is 4. The minimum absolute atomic E-state index is 0.137. The first kappa shape index (κ1) is 12.6. The van der Waals surface area contributed by atoms with Crippen LogP contribution in [0.3, 0.4) is 0 Å². The van der Waals surface area contributed by atoms with Gasteiger partial charge in [-0.05, 0) is 31.9 Å². The van der Waals surface area contributed by atoms with Crippen molar-refractivity contribution in [3.8, 4) is 0 Å². The van der Waals surface area contributed by atoms with Crippen molar-refractivity contribution in [3.63, 3.8) is 0 Å². The van der Waals surface area contributed by atoms with Crippen LogP contribution in [0, 0.1) is 0 Å². The molecule has 0 saturated carbocycles. The highest BCUT2D eigenvalue weighted by atomic mass is 16.5. The second-order valence-corrected chi connectivity index (χ2v) is 4.44. The Bertz CT molecular complexity index is 459. The second kappa shape index (κ2) is 4.81. The van der Waals surface area contributed by atoms with E-state index in [9.17, 15) is 9.59 Å². The van der Waals surface area contributed by atoms with E-state index in [-0.39, 0.29) is 18.2 Å². The number of furan rings is 1. The van der Waals surface area contributed by atoms with E-state index >= 15 is 0 Å². The third kappa shape index (κ3) is 2.53. The first-order valence-electron chi connectivity index (χ1n) is 5.75. The predicted octanol–water partition coefficient (Wildman–Crippen LogP) is 1.16. The van der Waals surface area contributed by atoms with Crippen LogP contribution in [-0.2, 0) is 16.1 Å². The van der Waals surface area contributed by atoms with E-state index in [1.54, 1.807) is 6.92 Å². The van der Waals surface area contributed by atoms with Crippen molar-refractivity contribution >= 4 is 11.9 Å². The van der Waals surface area contributed by atoms with Crippen molar-refractivity contribution in [3.05, 3.63) is 23.7 Å². The summed E-state index contributed by atoms with van der Waals surface area (Å²) in [5.74, 6) is -1.06. The molecular weight excluding hydrogens is 238 g/mol. The van der Waals surface area contributed by atoms with Gasteiger partial charge >= 0.3 is 5.97 Å². The summed E-state index contributed by atoms with van der Waals surface area (Å²) in [5.41, 5.74) is -0.776. The lowest BCUT2D eigenvalue weighted by molar-refractivity contribution is -0.139. The van der Waals surface area contributed by atoms with E-state index in [2.05, 4.69) is 5.32 Å². The lowest BCUT2D eigenvalue weighted by Gasteiger charge is -2.21. The number of amides is 1.